The maximum Gasteiger partial charge on any atom is 0.252 e. The van der Waals surface area contributed by atoms with Gasteiger partial charge in [-0.1, -0.05) is 42.5 Å². The second-order valence-corrected chi connectivity index (χ2v) is 6.04. The lowest BCUT2D eigenvalue weighted by Gasteiger charge is -2.13. The van der Waals surface area contributed by atoms with E-state index in [0.29, 0.717) is 12.1 Å². The van der Waals surface area contributed by atoms with Gasteiger partial charge in [-0.05, 0) is 42.2 Å². The van der Waals surface area contributed by atoms with Crippen LogP contribution in [0.3, 0.4) is 0 Å². The minimum absolute atomic E-state index is 0.0856. The van der Waals surface area contributed by atoms with Crippen LogP contribution in [0, 0.1) is 0 Å². The highest BCUT2D eigenvalue weighted by Crippen LogP contribution is 2.21. The Morgan fingerprint density at radius 3 is 2.60 bits per heavy atom. The van der Waals surface area contributed by atoms with Crippen molar-refractivity contribution in [1.29, 1.82) is 0 Å². The van der Waals surface area contributed by atoms with Gasteiger partial charge in [0, 0.05) is 18.7 Å². The first-order chi connectivity index (χ1) is 12.3. The van der Waals surface area contributed by atoms with Gasteiger partial charge >= 0.3 is 0 Å². The first-order valence-electron chi connectivity index (χ1n) is 8.57. The summed E-state index contributed by atoms with van der Waals surface area (Å²) >= 11 is 0. The van der Waals surface area contributed by atoms with Crippen LogP contribution < -0.4 is 10.1 Å². The molecule has 1 amide bonds. The van der Waals surface area contributed by atoms with Crippen LogP contribution in [0.25, 0.3) is 11.6 Å². The maximum atomic E-state index is 12.8. The van der Waals surface area contributed by atoms with Crippen molar-refractivity contribution in [3.05, 3.63) is 65.7 Å². The molecule has 0 bridgehead atoms. The fourth-order valence-electron chi connectivity index (χ4n) is 2.87. The van der Waals surface area contributed by atoms with Gasteiger partial charge in [0.15, 0.2) is 0 Å². The standard InChI is InChI=1S/C21H23NO3/c1-24-18-11-9-16(10-12-18)14-20(17-6-3-2-4-7-17)21(23)22-15-19-8-5-13-25-19/h2-4,6-7,9-12,14,19H,5,8,13,15H2,1H3,(H,22,23)/b20-14+/t19-/m0/s1. The predicted molar refractivity (Wildman–Crippen MR) is 99.3 cm³/mol. The molecule has 1 heterocycles. The van der Waals surface area contributed by atoms with Gasteiger partial charge in [0.2, 0.25) is 0 Å². The molecular weight excluding hydrogens is 314 g/mol. The summed E-state index contributed by atoms with van der Waals surface area (Å²) in [6.45, 7) is 1.33. The zero-order chi connectivity index (χ0) is 17.5. The lowest BCUT2D eigenvalue weighted by atomic mass is 10.0. The fourth-order valence-corrected chi connectivity index (χ4v) is 2.87. The van der Waals surface area contributed by atoms with Crippen LogP contribution in [0.1, 0.15) is 24.0 Å². The number of hydrogen-bond acceptors (Lipinski definition) is 3. The molecule has 3 rings (SSSR count). The molecule has 25 heavy (non-hydrogen) atoms. The Balaban J connectivity index is 1.81. The molecule has 0 radical (unpaired) electrons. The van der Waals surface area contributed by atoms with E-state index in [-0.39, 0.29) is 12.0 Å². The lowest BCUT2D eigenvalue weighted by molar-refractivity contribution is -0.116. The van der Waals surface area contributed by atoms with E-state index in [1.807, 2.05) is 60.7 Å². The molecule has 2 aromatic rings. The number of amides is 1. The molecule has 1 aliphatic rings. The van der Waals surface area contributed by atoms with Crippen molar-refractivity contribution in [3.8, 4) is 5.75 Å². The summed E-state index contributed by atoms with van der Waals surface area (Å²) in [5, 5.41) is 3.01. The van der Waals surface area contributed by atoms with Gasteiger partial charge in [-0.2, -0.15) is 0 Å². The second-order valence-electron chi connectivity index (χ2n) is 6.04. The minimum atomic E-state index is -0.0856. The van der Waals surface area contributed by atoms with Crippen LogP contribution in [0.2, 0.25) is 0 Å². The van der Waals surface area contributed by atoms with Crippen molar-refractivity contribution in [3.63, 3.8) is 0 Å². The quantitative estimate of drug-likeness (QED) is 0.648. The first kappa shape index (κ1) is 17.2. The third-order valence-corrected chi connectivity index (χ3v) is 4.27. The Kier molecular flexibility index (Phi) is 5.86. The first-order valence-corrected chi connectivity index (χ1v) is 8.57. The summed E-state index contributed by atoms with van der Waals surface area (Å²) in [5.41, 5.74) is 2.49. The monoisotopic (exact) mass is 337 g/mol. The number of ether oxygens (including phenoxy) is 2. The Hall–Kier alpha value is -2.59. The normalized spacial score (nSPS) is 17.3. The smallest absolute Gasteiger partial charge is 0.252 e. The topological polar surface area (TPSA) is 47.6 Å². The number of carbonyl (C=O) groups is 1. The Morgan fingerprint density at radius 1 is 1.20 bits per heavy atom. The largest absolute Gasteiger partial charge is 0.497 e. The van der Waals surface area contributed by atoms with E-state index in [1.54, 1.807) is 7.11 Å². The molecule has 0 unspecified atom stereocenters. The molecule has 130 valence electrons. The van der Waals surface area contributed by atoms with Crippen LogP contribution in [0.4, 0.5) is 0 Å². The summed E-state index contributed by atoms with van der Waals surface area (Å²) in [6, 6.07) is 17.4. The Morgan fingerprint density at radius 2 is 1.96 bits per heavy atom. The summed E-state index contributed by atoms with van der Waals surface area (Å²) in [4.78, 5) is 12.8. The highest BCUT2D eigenvalue weighted by Gasteiger charge is 2.18. The van der Waals surface area contributed by atoms with Gasteiger partial charge in [-0.15, -0.1) is 0 Å². The van der Waals surface area contributed by atoms with E-state index in [4.69, 9.17) is 9.47 Å². The summed E-state index contributed by atoms with van der Waals surface area (Å²) in [5.74, 6) is 0.707. The van der Waals surface area contributed by atoms with E-state index in [9.17, 15) is 4.79 Å². The van der Waals surface area contributed by atoms with E-state index < -0.39 is 0 Å². The molecule has 1 atom stereocenters. The summed E-state index contributed by atoms with van der Waals surface area (Å²) in [6.07, 6.45) is 4.10. The van der Waals surface area contributed by atoms with Gasteiger partial charge < -0.3 is 14.8 Å². The van der Waals surface area contributed by atoms with Crippen LogP contribution in [0.5, 0.6) is 5.75 Å². The average Bonchev–Trinajstić information content (AvgIpc) is 3.19. The molecule has 0 spiro atoms. The molecule has 4 nitrogen and oxygen atoms in total. The minimum Gasteiger partial charge on any atom is -0.497 e. The molecule has 1 aliphatic heterocycles. The third-order valence-electron chi connectivity index (χ3n) is 4.27. The number of nitrogens with one attached hydrogen (secondary N) is 1. The molecule has 0 aromatic heterocycles. The zero-order valence-electron chi connectivity index (χ0n) is 14.4. The molecule has 1 fully saturated rings. The van der Waals surface area contributed by atoms with E-state index in [0.717, 1.165) is 36.3 Å². The Labute approximate surface area is 148 Å². The van der Waals surface area contributed by atoms with Gasteiger partial charge in [0.25, 0.3) is 5.91 Å². The van der Waals surface area contributed by atoms with Gasteiger partial charge in [-0.25, -0.2) is 0 Å². The van der Waals surface area contributed by atoms with E-state index in [1.165, 1.54) is 0 Å². The van der Waals surface area contributed by atoms with Crippen molar-refractivity contribution in [2.75, 3.05) is 20.3 Å². The highest BCUT2D eigenvalue weighted by molar-refractivity contribution is 6.24. The van der Waals surface area contributed by atoms with Crippen molar-refractivity contribution in [1.82, 2.24) is 5.32 Å². The summed E-state index contributed by atoms with van der Waals surface area (Å²) in [7, 11) is 1.64. The highest BCUT2D eigenvalue weighted by atomic mass is 16.5. The maximum absolute atomic E-state index is 12.8. The summed E-state index contributed by atoms with van der Waals surface area (Å²) < 4.78 is 10.8. The number of carbonyl (C=O) groups excluding carboxylic acids is 1. The van der Waals surface area contributed by atoms with Crippen LogP contribution in [0.15, 0.2) is 54.6 Å². The predicted octanol–water partition coefficient (Wildman–Crippen LogP) is 3.53. The molecule has 1 saturated heterocycles. The zero-order valence-corrected chi connectivity index (χ0v) is 14.4. The molecule has 1 N–H and O–H groups in total. The SMILES string of the molecule is COc1ccc(/C=C(/C(=O)NC[C@@H]2CCCO2)c2ccccc2)cc1. The van der Waals surface area contributed by atoms with Crippen molar-refractivity contribution < 1.29 is 14.3 Å². The van der Waals surface area contributed by atoms with E-state index in [2.05, 4.69) is 5.32 Å². The molecular formula is C21H23NO3. The van der Waals surface area contributed by atoms with Gasteiger partial charge in [0.05, 0.1) is 13.2 Å². The molecule has 0 saturated carbocycles. The Bertz CT molecular complexity index is 717. The molecule has 2 aromatic carbocycles. The second kappa shape index (κ2) is 8.49. The third kappa shape index (κ3) is 4.70. The number of methoxy groups -OCH3 is 1. The molecule has 4 heteroatoms. The van der Waals surface area contributed by atoms with E-state index >= 15 is 0 Å². The van der Waals surface area contributed by atoms with Crippen LogP contribution >= 0.6 is 0 Å². The van der Waals surface area contributed by atoms with Crippen molar-refractivity contribution in [2.24, 2.45) is 0 Å². The lowest BCUT2D eigenvalue weighted by Crippen LogP contribution is -2.32. The van der Waals surface area contributed by atoms with Gasteiger partial charge in [0.1, 0.15) is 5.75 Å². The van der Waals surface area contributed by atoms with Crippen LogP contribution in [-0.2, 0) is 9.53 Å². The molecule has 0 aliphatic carbocycles. The fraction of sp³-hybridized carbons (Fsp3) is 0.286. The average molecular weight is 337 g/mol. The number of benzene rings is 2. The van der Waals surface area contributed by atoms with Gasteiger partial charge in [-0.3, -0.25) is 4.79 Å². The number of rotatable bonds is 6. The number of hydrogen-bond donors (Lipinski definition) is 1. The van der Waals surface area contributed by atoms with Crippen LogP contribution in [-0.4, -0.2) is 32.3 Å². The van der Waals surface area contributed by atoms with Crippen molar-refractivity contribution in [2.45, 2.75) is 18.9 Å². The van der Waals surface area contributed by atoms with Crippen molar-refractivity contribution >= 4 is 17.6 Å².